The highest BCUT2D eigenvalue weighted by molar-refractivity contribution is 7.89. The van der Waals surface area contributed by atoms with Crippen LogP contribution in [-0.4, -0.2) is 33.8 Å². The first-order valence-corrected chi connectivity index (χ1v) is 9.01. The summed E-state index contributed by atoms with van der Waals surface area (Å²) >= 11 is 0. The highest BCUT2D eigenvalue weighted by Gasteiger charge is 2.08. The molecule has 0 saturated heterocycles. The van der Waals surface area contributed by atoms with Crippen molar-refractivity contribution >= 4 is 10.0 Å². The van der Waals surface area contributed by atoms with Gasteiger partial charge in [-0.25, -0.2) is 13.1 Å². The predicted molar refractivity (Wildman–Crippen MR) is 84.3 cm³/mol. The van der Waals surface area contributed by atoms with E-state index in [1.54, 1.807) is 0 Å². The number of benzene rings is 1. The maximum Gasteiger partial charge on any atom is 0.211 e. The molecule has 0 atom stereocenters. The molecule has 20 heavy (non-hydrogen) atoms. The lowest BCUT2D eigenvalue weighted by atomic mass is 10.2. The van der Waals surface area contributed by atoms with Gasteiger partial charge in [0.25, 0.3) is 0 Å². The van der Waals surface area contributed by atoms with Crippen LogP contribution in [0.3, 0.4) is 0 Å². The Morgan fingerprint density at radius 1 is 1.00 bits per heavy atom. The van der Waals surface area contributed by atoms with E-state index in [1.165, 1.54) is 0 Å². The lowest BCUT2D eigenvalue weighted by molar-refractivity contribution is 0.573. The molecule has 5 heteroatoms. The zero-order valence-corrected chi connectivity index (χ0v) is 13.1. The summed E-state index contributed by atoms with van der Waals surface area (Å²) in [6.07, 6.45) is 3.45. The average molecular weight is 298 g/mol. The monoisotopic (exact) mass is 298 g/mol. The molecule has 0 fully saturated rings. The van der Waals surface area contributed by atoms with Crippen molar-refractivity contribution in [2.75, 3.05) is 25.4 Å². The Morgan fingerprint density at radius 2 is 1.75 bits per heavy atom. The van der Waals surface area contributed by atoms with Crippen LogP contribution >= 0.6 is 0 Å². The molecule has 0 aliphatic carbocycles. The number of unbranched alkanes of at least 4 members (excludes halogenated alkanes) is 1. The van der Waals surface area contributed by atoms with E-state index in [0.717, 1.165) is 37.9 Å². The first-order valence-electron chi connectivity index (χ1n) is 7.36. The van der Waals surface area contributed by atoms with Crippen LogP contribution in [0.15, 0.2) is 30.3 Å². The number of hydrogen-bond acceptors (Lipinski definition) is 3. The van der Waals surface area contributed by atoms with Gasteiger partial charge in [0.1, 0.15) is 0 Å². The highest BCUT2D eigenvalue weighted by Crippen LogP contribution is 1.99. The minimum absolute atomic E-state index is 0.218. The number of nitrogens with one attached hydrogen (secondary N) is 2. The molecule has 0 bridgehead atoms. The molecule has 1 aromatic carbocycles. The van der Waals surface area contributed by atoms with Crippen molar-refractivity contribution in [2.45, 2.75) is 32.6 Å². The second-order valence-corrected chi connectivity index (χ2v) is 6.83. The van der Waals surface area contributed by atoms with Crippen LogP contribution in [0, 0.1) is 0 Å². The molecular formula is C15H26N2O2S. The highest BCUT2D eigenvalue weighted by atomic mass is 32.2. The van der Waals surface area contributed by atoms with Crippen LogP contribution in [0.1, 0.15) is 31.7 Å². The molecule has 1 aromatic rings. The van der Waals surface area contributed by atoms with Gasteiger partial charge in [-0.2, -0.15) is 0 Å². The fourth-order valence-electron chi connectivity index (χ4n) is 1.91. The fraction of sp³-hybridized carbons (Fsp3) is 0.600. The molecule has 0 aliphatic heterocycles. The number of sulfonamides is 1. The van der Waals surface area contributed by atoms with Crippen LogP contribution in [-0.2, 0) is 16.4 Å². The molecule has 2 N–H and O–H groups in total. The SMILES string of the molecule is CCCNCCCCS(=O)(=O)NCCc1ccccc1. The van der Waals surface area contributed by atoms with E-state index in [1.807, 2.05) is 30.3 Å². The van der Waals surface area contributed by atoms with Gasteiger partial charge in [0.2, 0.25) is 10.0 Å². The average Bonchev–Trinajstić information content (AvgIpc) is 2.44. The molecule has 0 saturated carbocycles. The van der Waals surface area contributed by atoms with E-state index in [0.29, 0.717) is 13.0 Å². The molecule has 4 nitrogen and oxygen atoms in total. The molecule has 0 aromatic heterocycles. The zero-order chi connectivity index (χ0) is 14.7. The van der Waals surface area contributed by atoms with Gasteiger partial charge in [0.15, 0.2) is 0 Å². The maximum absolute atomic E-state index is 11.8. The predicted octanol–water partition coefficient (Wildman–Crippen LogP) is 1.93. The standard InChI is InChI=1S/C15H26N2O2S/c1-2-11-16-12-6-7-14-20(18,19)17-13-10-15-8-4-3-5-9-15/h3-5,8-9,16-17H,2,6-7,10-14H2,1H3. The lowest BCUT2D eigenvalue weighted by Gasteiger charge is -2.07. The summed E-state index contributed by atoms with van der Waals surface area (Å²) < 4.78 is 26.2. The van der Waals surface area contributed by atoms with E-state index in [2.05, 4.69) is 17.0 Å². The molecule has 0 spiro atoms. The van der Waals surface area contributed by atoms with Crippen molar-refractivity contribution in [1.29, 1.82) is 0 Å². The van der Waals surface area contributed by atoms with Crippen LogP contribution in [0.25, 0.3) is 0 Å². The normalized spacial score (nSPS) is 11.7. The summed E-state index contributed by atoms with van der Waals surface area (Å²) in [4.78, 5) is 0. The van der Waals surface area contributed by atoms with Crippen molar-refractivity contribution < 1.29 is 8.42 Å². The molecule has 0 heterocycles. The van der Waals surface area contributed by atoms with Crippen molar-refractivity contribution in [3.63, 3.8) is 0 Å². The molecule has 0 aliphatic rings. The van der Waals surface area contributed by atoms with Crippen molar-refractivity contribution in [3.8, 4) is 0 Å². The Balaban J connectivity index is 2.12. The van der Waals surface area contributed by atoms with E-state index in [-0.39, 0.29) is 5.75 Å². The van der Waals surface area contributed by atoms with Gasteiger partial charge in [0.05, 0.1) is 5.75 Å². The molecular weight excluding hydrogens is 272 g/mol. The smallest absolute Gasteiger partial charge is 0.211 e. The summed E-state index contributed by atoms with van der Waals surface area (Å²) in [6.45, 7) is 4.49. The molecule has 114 valence electrons. The number of rotatable bonds is 11. The summed E-state index contributed by atoms with van der Waals surface area (Å²) in [6, 6.07) is 9.90. The lowest BCUT2D eigenvalue weighted by Crippen LogP contribution is -2.28. The Labute approximate surface area is 123 Å². The van der Waals surface area contributed by atoms with Crippen molar-refractivity contribution in [2.24, 2.45) is 0 Å². The summed E-state index contributed by atoms with van der Waals surface area (Å²) in [5, 5.41) is 3.27. The van der Waals surface area contributed by atoms with Crippen molar-refractivity contribution in [3.05, 3.63) is 35.9 Å². The third kappa shape index (κ3) is 8.30. The number of hydrogen-bond donors (Lipinski definition) is 2. The minimum Gasteiger partial charge on any atom is -0.317 e. The Morgan fingerprint density at radius 3 is 2.45 bits per heavy atom. The largest absolute Gasteiger partial charge is 0.317 e. The molecule has 0 amide bonds. The molecule has 0 radical (unpaired) electrons. The summed E-state index contributed by atoms with van der Waals surface area (Å²) in [7, 11) is -3.12. The minimum atomic E-state index is -3.12. The third-order valence-corrected chi connectivity index (χ3v) is 4.49. The Kier molecular flexibility index (Phi) is 8.49. The van der Waals surface area contributed by atoms with E-state index in [4.69, 9.17) is 0 Å². The van der Waals surface area contributed by atoms with Gasteiger partial charge in [-0.3, -0.25) is 0 Å². The van der Waals surface area contributed by atoms with Gasteiger partial charge in [-0.05, 0) is 44.3 Å². The fourth-order valence-corrected chi connectivity index (χ4v) is 3.05. The van der Waals surface area contributed by atoms with Gasteiger partial charge in [-0.1, -0.05) is 37.3 Å². The van der Waals surface area contributed by atoms with Gasteiger partial charge < -0.3 is 5.32 Å². The molecule has 0 unspecified atom stereocenters. The topological polar surface area (TPSA) is 58.2 Å². The zero-order valence-electron chi connectivity index (χ0n) is 12.3. The quantitative estimate of drug-likeness (QED) is 0.614. The van der Waals surface area contributed by atoms with E-state index >= 15 is 0 Å². The second-order valence-electron chi connectivity index (χ2n) is 4.91. The van der Waals surface area contributed by atoms with Crippen molar-refractivity contribution in [1.82, 2.24) is 10.0 Å². The van der Waals surface area contributed by atoms with Gasteiger partial charge in [-0.15, -0.1) is 0 Å². The third-order valence-electron chi connectivity index (χ3n) is 3.02. The first-order chi connectivity index (χ1) is 9.64. The summed E-state index contributed by atoms with van der Waals surface area (Å²) in [5.74, 6) is 0.218. The van der Waals surface area contributed by atoms with Gasteiger partial charge >= 0.3 is 0 Å². The molecule has 1 rings (SSSR count). The van der Waals surface area contributed by atoms with Crippen LogP contribution in [0.5, 0.6) is 0 Å². The van der Waals surface area contributed by atoms with Crippen LogP contribution in [0.4, 0.5) is 0 Å². The van der Waals surface area contributed by atoms with Crippen LogP contribution < -0.4 is 10.0 Å². The van der Waals surface area contributed by atoms with E-state index < -0.39 is 10.0 Å². The Hall–Kier alpha value is -0.910. The maximum atomic E-state index is 11.8. The second kappa shape index (κ2) is 9.91. The van der Waals surface area contributed by atoms with E-state index in [9.17, 15) is 8.42 Å². The Bertz CT molecular complexity index is 446. The summed E-state index contributed by atoms with van der Waals surface area (Å²) in [5.41, 5.74) is 1.15. The van der Waals surface area contributed by atoms with Gasteiger partial charge in [0, 0.05) is 6.54 Å². The first kappa shape index (κ1) is 17.1. The van der Waals surface area contributed by atoms with Crippen LogP contribution in [0.2, 0.25) is 0 Å².